The van der Waals surface area contributed by atoms with E-state index in [2.05, 4.69) is 31.9 Å². The number of hydrogen-bond donors (Lipinski definition) is 0. The van der Waals surface area contributed by atoms with Crippen molar-refractivity contribution in [2.75, 3.05) is 0 Å². The minimum absolute atomic E-state index is 0.133. The molecular formula is C22H15Br2F3O2. The van der Waals surface area contributed by atoms with E-state index in [9.17, 15) is 18.0 Å². The molecule has 0 N–H and O–H groups in total. The lowest BCUT2D eigenvalue weighted by Gasteiger charge is -2.23. The Morgan fingerprint density at radius 3 is 2.34 bits per heavy atom. The Hall–Kier alpha value is -1.86. The van der Waals surface area contributed by atoms with Crippen molar-refractivity contribution in [2.24, 2.45) is 0 Å². The third kappa shape index (κ3) is 3.19. The molecule has 0 spiro atoms. The maximum absolute atomic E-state index is 13.3. The van der Waals surface area contributed by atoms with Crippen LogP contribution in [0.1, 0.15) is 37.5 Å². The summed E-state index contributed by atoms with van der Waals surface area (Å²) in [6.07, 6.45) is -4.50. The summed E-state index contributed by atoms with van der Waals surface area (Å²) in [4.78, 5) is 11.7. The molecule has 0 unspecified atom stereocenters. The first-order chi connectivity index (χ1) is 13.4. The van der Waals surface area contributed by atoms with E-state index in [1.807, 2.05) is 26.0 Å². The summed E-state index contributed by atoms with van der Waals surface area (Å²) in [7, 11) is 0. The zero-order valence-electron chi connectivity index (χ0n) is 15.7. The van der Waals surface area contributed by atoms with Crippen LogP contribution in [0.15, 0.2) is 45.3 Å². The van der Waals surface area contributed by atoms with Gasteiger partial charge in [-0.15, -0.1) is 0 Å². The fraction of sp³-hybridized carbons (Fsp3) is 0.227. The molecule has 1 aliphatic carbocycles. The number of esters is 1. The molecule has 0 fully saturated rings. The number of halogens is 5. The van der Waals surface area contributed by atoms with Crippen molar-refractivity contribution in [1.82, 2.24) is 0 Å². The van der Waals surface area contributed by atoms with Crippen molar-refractivity contribution in [2.45, 2.75) is 32.4 Å². The molecule has 4 rings (SSSR count). The molecule has 0 radical (unpaired) electrons. The Kier molecular flexibility index (Phi) is 4.63. The topological polar surface area (TPSA) is 26.3 Å². The summed E-state index contributed by atoms with van der Waals surface area (Å²) < 4.78 is 47.1. The second-order valence-electron chi connectivity index (χ2n) is 7.58. The van der Waals surface area contributed by atoms with E-state index in [0.29, 0.717) is 5.39 Å². The third-order valence-corrected chi connectivity index (χ3v) is 6.39. The zero-order valence-corrected chi connectivity index (χ0v) is 18.8. The Morgan fingerprint density at radius 1 is 1.03 bits per heavy atom. The van der Waals surface area contributed by atoms with Gasteiger partial charge >= 0.3 is 12.1 Å². The van der Waals surface area contributed by atoms with E-state index >= 15 is 0 Å². The fourth-order valence-corrected chi connectivity index (χ4v) is 5.85. The third-order valence-electron chi connectivity index (χ3n) is 5.30. The monoisotopic (exact) mass is 526 g/mol. The van der Waals surface area contributed by atoms with Gasteiger partial charge in [-0.1, -0.05) is 51.8 Å². The van der Waals surface area contributed by atoms with Gasteiger partial charge in [0.15, 0.2) is 0 Å². The highest BCUT2D eigenvalue weighted by Crippen LogP contribution is 2.56. The summed E-state index contributed by atoms with van der Waals surface area (Å²) in [6.45, 7) is 5.33. The zero-order chi connectivity index (χ0) is 21.3. The van der Waals surface area contributed by atoms with Crippen molar-refractivity contribution < 1.29 is 22.7 Å². The molecule has 0 heterocycles. The summed E-state index contributed by atoms with van der Waals surface area (Å²) in [5, 5.41) is 0.872. The molecule has 0 atom stereocenters. The number of alkyl halides is 3. The van der Waals surface area contributed by atoms with Crippen molar-refractivity contribution in [3.05, 3.63) is 62.0 Å². The second kappa shape index (κ2) is 6.57. The molecule has 0 saturated heterocycles. The van der Waals surface area contributed by atoms with E-state index in [0.717, 1.165) is 43.3 Å². The van der Waals surface area contributed by atoms with E-state index < -0.39 is 23.1 Å². The van der Waals surface area contributed by atoms with Crippen LogP contribution in [0.2, 0.25) is 0 Å². The van der Waals surface area contributed by atoms with Gasteiger partial charge in [-0.25, -0.2) is 0 Å². The molecule has 1 aliphatic rings. The molecule has 150 valence electrons. The van der Waals surface area contributed by atoms with Gasteiger partial charge in [-0.05, 0) is 58.0 Å². The largest absolute Gasteiger partial charge is 0.426 e. The highest BCUT2D eigenvalue weighted by Gasteiger charge is 2.40. The lowest BCUT2D eigenvalue weighted by molar-refractivity contribution is -0.137. The number of ether oxygens (including phenoxy) is 1. The van der Waals surface area contributed by atoms with Crippen molar-refractivity contribution >= 4 is 48.6 Å². The summed E-state index contributed by atoms with van der Waals surface area (Å²) in [5.74, 6) is -0.450. The first kappa shape index (κ1) is 20.4. The van der Waals surface area contributed by atoms with Gasteiger partial charge < -0.3 is 4.74 Å². The highest BCUT2D eigenvalue weighted by atomic mass is 79.9. The molecular weight excluding hydrogens is 513 g/mol. The first-order valence-corrected chi connectivity index (χ1v) is 10.4. The number of fused-ring (bicyclic) bond motifs is 5. The fourth-order valence-electron chi connectivity index (χ4n) is 4.13. The SMILES string of the molecule is CC(=O)Oc1cc2c(c3ccc(C(F)(F)F)cc13)-c1cc(Br)cc(Br)c1C2(C)C. The van der Waals surface area contributed by atoms with Gasteiger partial charge in [0.05, 0.1) is 5.56 Å². The predicted molar refractivity (Wildman–Crippen MR) is 113 cm³/mol. The van der Waals surface area contributed by atoms with Crippen molar-refractivity contribution in [3.63, 3.8) is 0 Å². The molecule has 0 aromatic heterocycles. The van der Waals surface area contributed by atoms with Gasteiger partial charge in [0, 0.05) is 26.7 Å². The normalized spacial score (nSPS) is 14.6. The number of carbonyl (C=O) groups is 1. The minimum atomic E-state index is -4.50. The van der Waals surface area contributed by atoms with Crippen LogP contribution in [0.25, 0.3) is 21.9 Å². The summed E-state index contributed by atoms with van der Waals surface area (Å²) >= 11 is 7.14. The van der Waals surface area contributed by atoms with E-state index in [1.54, 1.807) is 6.07 Å². The summed E-state index contributed by atoms with van der Waals surface area (Å²) in [5.41, 5.74) is 2.51. The molecule has 7 heteroatoms. The van der Waals surface area contributed by atoms with Crippen LogP contribution < -0.4 is 4.74 Å². The molecule has 0 amide bonds. The van der Waals surface area contributed by atoms with Gasteiger partial charge in [0.25, 0.3) is 0 Å². The lowest BCUT2D eigenvalue weighted by Crippen LogP contribution is -2.16. The van der Waals surface area contributed by atoms with Gasteiger partial charge in [-0.2, -0.15) is 13.2 Å². The smallest absolute Gasteiger partial charge is 0.416 e. The number of rotatable bonds is 1. The minimum Gasteiger partial charge on any atom is -0.426 e. The molecule has 3 aromatic rings. The van der Waals surface area contributed by atoms with Crippen molar-refractivity contribution in [3.8, 4) is 16.9 Å². The van der Waals surface area contributed by atoms with Gasteiger partial charge in [0.2, 0.25) is 0 Å². The molecule has 29 heavy (non-hydrogen) atoms. The second-order valence-corrected chi connectivity index (χ2v) is 9.35. The molecule has 2 nitrogen and oxygen atoms in total. The predicted octanol–water partition coefficient (Wildman–Crippen LogP) is 7.62. The van der Waals surface area contributed by atoms with E-state index in [-0.39, 0.29) is 11.1 Å². The number of hydrogen-bond acceptors (Lipinski definition) is 2. The average molecular weight is 528 g/mol. The Morgan fingerprint density at radius 2 is 1.72 bits per heavy atom. The number of benzene rings is 3. The molecule has 0 saturated carbocycles. The summed E-state index contributed by atoms with van der Waals surface area (Å²) in [6, 6.07) is 9.19. The number of carbonyl (C=O) groups excluding carboxylic acids is 1. The molecule has 0 bridgehead atoms. The first-order valence-electron chi connectivity index (χ1n) is 8.78. The van der Waals surface area contributed by atoms with Crippen LogP contribution in [0.3, 0.4) is 0 Å². The van der Waals surface area contributed by atoms with E-state index in [1.165, 1.54) is 13.0 Å². The molecule has 0 aliphatic heterocycles. The Balaban J connectivity index is 2.15. The van der Waals surface area contributed by atoms with Crippen LogP contribution in [0, 0.1) is 0 Å². The quantitative estimate of drug-likeness (QED) is 0.240. The highest BCUT2D eigenvalue weighted by molar-refractivity contribution is 9.11. The van der Waals surface area contributed by atoms with Crippen LogP contribution >= 0.6 is 31.9 Å². The van der Waals surface area contributed by atoms with Crippen molar-refractivity contribution in [1.29, 1.82) is 0 Å². The Labute approximate surface area is 182 Å². The standard InChI is InChI=1S/C22H15Br2F3O2/c1-10(28)29-18-9-16-19(13-5-4-11(6-14(13)18)22(25,26)27)15-7-12(23)8-17(24)20(15)21(16,2)3/h4-9H,1-3H3. The van der Waals surface area contributed by atoms with Crippen LogP contribution in [-0.4, -0.2) is 5.97 Å². The average Bonchev–Trinajstić information content (AvgIpc) is 2.80. The Bertz CT molecular complexity index is 1200. The van der Waals surface area contributed by atoms with E-state index in [4.69, 9.17) is 4.74 Å². The van der Waals surface area contributed by atoms with Crippen LogP contribution in [0.5, 0.6) is 5.75 Å². The maximum Gasteiger partial charge on any atom is 0.416 e. The maximum atomic E-state index is 13.3. The molecule has 3 aromatic carbocycles. The van der Waals surface area contributed by atoms with Crippen LogP contribution in [-0.2, 0) is 16.4 Å². The van der Waals surface area contributed by atoms with Crippen LogP contribution in [0.4, 0.5) is 13.2 Å². The van der Waals surface area contributed by atoms with Gasteiger partial charge in [-0.3, -0.25) is 4.79 Å². The lowest BCUT2D eigenvalue weighted by atomic mass is 9.82. The van der Waals surface area contributed by atoms with Gasteiger partial charge in [0.1, 0.15) is 5.75 Å².